The Kier molecular flexibility index (Phi) is 6.80. The minimum absolute atomic E-state index is 0.220. The first-order valence-corrected chi connectivity index (χ1v) is 8.24. The summed E-state index contributed by atoms with van der Waals surface area (Å²) in [5.74, 6) is 0.556. The summed E-state index contributed by atoms with van der Waals surface area (Å²) in [4.78, 5) is 9.28. The fourth-order valence-corrected chi connectivity index (χ4v) is 2.68. The number of hydrogen-bond donors (Lipinski definition) is 2. The van der Waals surface area contributed by atoms with Gasteiger partial charge in [0.25, 0.3) is 0 Å². The lowest BCUT2D eigenvalue weighted by molar-refractivity contribution is 0.116. The molecule has 1 aliphatic rings. The van der Waals surface area contributed by atoms with Gasteiger partial charge in [-0.15, -0.1) is 0 Å². The van der Waals surface area contributed by atoms with Gasteiger partial charge in [-0.25, -0.2) is 9.38 Å². The van der Waals surface area contributed by atoms with Crippen molar-refractivity contribution in [3.05, 3.63) is 35.6 Å². The second-order valence-electron chi connectivity index (χ2n) is 6.10. The fourth-order valence-electron chi connectivity index (χ4n) is 2.68. The van der Waals surface area contributed by atoms with Crippen LogP contribution in [0.15, 0.2) is 29.3 Å². The Bertz CT molecular complexity index is 519. The highest BCUT2D eigenvalue weighted by atomic mass is 19.1. The molecule has 0 saturated carbocycles. The van der Waals surface area contributed by atoms with Gasteiger partial charge >= 0.3 is 0 Å². The first kappa shape index (κ1) is 17.7. The molecule has 128 valence electrons. The van der Waals surface area contributed by atoms with E-state index >= 15 is 0 Å². The molecule has 0 aliphatic carbocycles. The van der Waals surface area contributed by atoms with E-state index in [1.165, 1.54) is 12.1 Å². The zero-order chi connectivity index (χ0) is 16.7. The van der Waals surface area contributed by atoms with Crippen LogP contribution in [0.3, 0.4) is 0 Å². The molecule has 2 rings (SSSR count). The van der Waals surface area contributed by atoms with Gasteiger partial charge in [0, 0.05) is 38.8 Å². The zero-order valence-electron chi connectivity index (χ0n) is 14.3. The average molecular weight is 321 g/mol. The Morgan fingerprint density at radius 1 is 1.30 bits per heavy atom. The van der Waals surface area contributed by atoms with Gasteiger partial charge in [0.15, 0.2) is 5.96 Å². The van der Waals surface area contributed by atoms with Crippen LogP contribution in [0.1, 0.15) is 12.5 Å². The minimum Gasteiger partial charge on any atom is -0.357 e. The molecule has 23 heavy (non-hydrogen) atoms. The van der Waals surface area contributed by atoms with Crippen LogP contribution in [-0.2, 0) is 6.54 Å². The van der Waals surface area contributed by atoms with Crippen molar-refractivity contribution in [2.24, 2.45) is 4.99 Å². The molecule has 0 spiro atoms. The number of nitrogens with zero attached hydrogens (tertiary/aromatic N) is 3. The van der Waals surface area contributed by atoms with Crippen LogP contribution >= 0.6 is 0 Å². The summed E-state index contributed by atoms with van der Waals surface area (Å²) >= 11 is 0. The van der Waals surface area contributed by atoms with Crippen LogP contribution in [0.5, 0.6) is 0 Å². The molecule has 1 atom stereocenters. The molecule has 0 radical (unpaired) electrons. The number of piperazine rings is 1. The van der Waals surface area contributed by atoms with Crippen molar-refractivity contribution in [1.29, 1.82) is 0 Å². The number of benzene rings is 1. The van der Waals surface area contributed by atoms with Gasteiger partial charge in [-0.05, 0) is 38.7 Å². The number of likely N-dealkylation sites (N-methyl/N-ethyl adjacent to an activating group) is 2. The van der Waals surface area contributed by atoms with Crippen LogP contribution < -0.4 is 10.6 Å². The first-order chi connectivity index (χ1) is 11.1. The van der Waals surface area contributed by atoms with E-state index < -0.39 is 0 Å². The fraction of sp³-hybridized carbons (Fsp3) is 0.588. The summed E-state index contributed by atoms with van der Waals surface area (Å²) < 4.78 is 13.2. The van der Waals surface area contributed by atoms with Gasteiger partial charge in [0.2, 0.25) is 0 Å². The van der Waals surface area contributed by atoms with Gasteiger partial charge in [-0.3, -0.25) is 4.90 Å². The second kappa shape index (κ2) is 8.84. The standard InChI is InChI=1S/C17H28FN5/c1-4-19-17(20-11-14-6-5-7-15(18)10-14)21-12-16-13-22(2)8-9-23(16)3/h5-7,10,16H,4,8-9,11-13H2,1-3H3,(H2,19,20,21). The maximum atomic E-state index is 13.2. The molecule has 6 heteroatoms. The van der Waals surface area contributed by atoms with Crippen LogP contribution in [0.4, 0.5) is 4.39 Å². The largest absolute Gasteiger partial charge is 0.357 e. The summed E-state index contributed by atoms with van der Waals surface area (Å²) in [6.45, 7) is 7.39. The molecule has 1 aliphatic heterocycles. The molecule has 1 aromatic rings. The van der Waals surface area contributed by atoms with E-state index in [4.69, 9.17) is 0 Å². The molecule has 1 heterocycles. The number of rotatable bonds is 5. The van der Waals surface area contributed by atoms with Crippen molar-refractivity contribution >= 4 is 5.96 Å². The molecule has 0 bridgehead atoms. The average Bonchev–Trinajstić information content (AvgIpc) is 2.53. The third-order valence-corrected chi connectivity index (χ3v) is 4.14. The van der Waals surface area contributed by atoms with Crippen LogP contribution in [0.25, 0.3) is 0 Å². The Morgan fingerprint density at radius 2 is 2.13 bits per heavy atom. The van der Waals surface area contributed by atoms with Crippen molar-refractivity contribution in [3.8, 4) is 0 Å². The quantitative estimate of drug-likeness (QED) is 0.630. The van der Waals surface area contributed by atoms with Crippen molar-refractivity contribution in [1.82, 2.24) is 20.4 Å². The highest BCUT2D eigenvalue weighted by molar-refractivity contribution is 5.79. The van der Waals surface area contributed by atoms with Crippen molar-refractivity contribution in [2.75, 3.05) is 46.8 Å². The molecule has 2 N–H and O–H groups in total. The molecular weight excluding hydrogens is 293 g/mol. The lowest BCUT2D eigenvalue weighted by Gasteiger charge is -2.37. The zero-order valence-corrected chi connectivity index (χ0v) is 14.3. The maximum absolute atomic E-state index is 13.2. The van der Waals surface area contributed by atoms with E-state index in [9.17, 15) is 4.39 Å². The monoisotopic (exact) mass is 321 g/mol. The summed E-state index contributed by atoms with van der Waals surface area (Å²) in [6, 6.07) is 7.04. The third kappa shape index (κ3) is 5.80. The van der Waals surface area contributed by atoms with Gasteiger partial charge in [0.05, 0.1) is 6.54 Å². The summed E-state index contributed by atoms with van der Waals surface area (Å²) in [7, 11) is 4.32. The van der Waals surface area contributed by atoms with Crippen molar-refractivity contribution < 1.29 is 4.39 Å². The predicted molar refractivity (Wildman–Crippen MR) is 93.1 cm³/mol. The highest BCUT2D eigenvalue weighted by Gasteiger charge is 2.21. The lowest BCUT2D eigenvalue weighted by atomic mass is 10.2. The van der Waals surface area contributed by atoms with E-state index in [2.05, 4.69) is 39.5 Å². The van der Waals surface area contributed by atoms with Crippen molar-refractivity contribution in [3.63, 3.8) is 0 Å². The van der Waals surface area contributed by atoms with E-state index in [0.29, 0.717) is 12.6 Å². The maximum Gasteiger partial charge on any atom is 0.191 e. The highest BCUT2D eigenvalue weighted by Crippen LogP contribution is 2.06. The summed E-state index contributed by atoms with van der Waals surface area (Å²) in [6.07, 6.45) is 0. The van der Waals surface area contributed by atoms with Crippen LogP contribution in [-0.4, -0.2) is 68.6 Å². The number of nitrogens with one attached hydrogen (secondary N) is 2. The SMILES string of the molecule is CCNC(=NCc1cccc(F)c1)NCC1CN(C)CCN1C. The van der Waals surface area contributed by atoms with Gasteiger partial charge in [-0.2, -0.15) is 0 Å². The Morgan fingerprint density at radius 3 is 2.87 bits per heavy atom. The molecule has 1 unspecified atom stereocenters. The van der Waals surface area contributed by atoms with Gasteiger partial charge in [0.1, 0.15) is 5.82 Å². The Labute approximate surface area is 138 Å². The number of aliphatic imine (C=N–C) groups is 1. The van der Waals surface area contributed by atoms with Gasteiger partial charge < -0.3 is 15.5 Å². The molecule has 1 saturated heterocycles. The number of guanidine groups is 1. The molecule has 1 fully saturated rings. The normalized spacial score (nSPS) is 20.5. The second-order valence-corrected chi connectivity index (χ2v) is 6.10. The summed E-state index contributed by atoms with van der Waals surface area (Å²) in [5, 5.41) is 6.65. The molecule has 0 amide bonds. The minimum atomic E-state index is -0.220. The van der Waals surface area contributed by atoms with Gasteiger partial charge in [-0.1, -0.05) is 12.1 Å². The smallest absolute Gasteiger partial charge is 0.191 e. The lowest BCUT2D eigenvalue weighted by Crippen LogP contribution is -2.55. The van der Waals surface area contributed by atoms with Crippen molar-refractivity contribution in [2.45, 2.75) is 19.5 Å². The summed E-state index contributed by atoms with van der Waals surface area (Å²) in [5.41, 5.74) is 0.872. The molecular formula is C17H28FN5. The van der Waals surface area contributed by atoms with E-state index in [-0.39, 0.29) is 5.82 Å². The third-order valence-electron chi connectivity index (χ3n) is 4.14. The van der Waals surface area contributed by atoms with E-state index in [1.54, 1.807) is 6.07 Å². The van der Waals surface area contributed by atoms with E-state index in [1.807, 2.05) is 13.0 Å². The topological polar surface area (TPSA) is 42.9 Å². The first-order valence-electron chi connectivity index (χ1n) is 8.24. The number of hydrogen-bond acceptors (Lipinski definition) is 3. The Hall–Kier alpha value is -1.66. The number of halogens is 1. The molecule has 0 aromatic heterocycles. The molecule has 5 nitrogen and oxygen atoms in total. The predicted octanol–water partition coefficient (Wildman–Crippen LogP) is 1.13. The van der Waals surface area contributed by atoms with E-state index in [0.717, 1.165) is 44.2 Å². The Balaban J connectivity index is 1.91. The molecule has 1 aromatic carbocycles. The van der Waals surface area contributed by atoms with Crippen LogP contribution in [0.2, 0.25) is 0 Å². The van der Waals surface area contributed by atoms with Crippen LogP contribution in [0, 0.1) is 5.82 Å².